The van der Waals surface area contributed by atoms with Crippen molar-refractivity contribution in [2.24, 2.45) is 0 Å². The Morgan fingerprint density at radius 2 is 2.00 bits per heavy atom. The second kappa shape index (κ2) is 5.05. The number of rotatable bonds is 3. The van der Waals surface area contributed by atoms with Gasteiger partial charge in [0.05, 0.1) is 0 Å². The summed E-state index contributed by atoms with van der Waals surface area (Å²) >= 11 is 0. The van der Waals surface area contributed by atoms with Crippen molar-refractivity contribution >= 4 is 12.0 Å². The first-order valence-corrected chi connectivity index (χ1v) is 5.07. The Hall–Kier alpha value is -2.76. The predicted octanol–water partition coefficient (Wildman–Crippen LogP) is 0.963. The van der Waals surface area contributed by atoms with Gasteiger partial charge >= 0.3 is 5.97 Å². The smallest absolute Gasteiger partial charge is 0.356 e. The van der Waals surface area contributed by atoms with Crippen LogP contribution in [-0.4, -0.2) is 25.9 Å². The van der Waals surface area contributed by atoms with Crippen molar-refractivity contribution in [3.63, 3.8) is 0 Å². The Morgan fingerprint density at radius 3 is 2.61 bits per heavy atom. The van der Waals surface area contributed by atoms with Gasteiger partial charge in [0.15, 0.2) is 0 Å². The van der Waals surface area contributed by atoms with Gasteiger partial charge in [-0.2, -0.15) is 0 Å². The average Bonchev–Trinajstić information content (AvgIpc) is 2.69. The van der Waals surface area contributed by atoms with Crippen molar-refractivity contribution < 1.29 is 19.8 Å². The predicted molar refractivity (Wildman–Crippen MR) is 62.6 cm³/mol. The maximum atomic E-state index is 11.4. The largest absolute Gasteiger partial charge is 0.492 e. The van der Waals surface area contributed by atoms with Crippen LogP contribution >= 0.6 is 0 Å². The lowest BCUT2D eigenvalue weighted by molar-refractivity contribution is -0.139. The third kappa shape index (κ3) is 2.67. The fourth-order valence-electron chi connectivity index (χ4n) is 1.25. The number of nitrogens with zero attached hydrogens (tertiary/aromatic N) is 2. The fourth-order valence-corrected chi connectivity index (χ4v) is 1.25. The van der Waals surface area contributed by atoms with Crippen molar-refractivity contribution in [3.05, 3.63) is 48.3 Å². The molecule has 0 spiro atoms. The zero-order valence-electron chi connectivity index (χ0n) is 9.22. The second-order valence-corrected chi connectivity index (χ2v) is 3.37. The highest BCUT2D eigenvalue weighted by molar-refractivity contribution is 5.87. The van der Waals surface area contributed by atoms with E-state index in [1.165, 1.54) is 18.2 Å². The van der Waals surface area contributed by atoms with Crippen molar-refractivity contribution in [1.82, 2.24) is 9.71 Å². The van der Waals surface area contributed by atoms with E-state index in [-0.39, 0.29) is 11.8 Å². The molecule has 18 heavy (non-hydrogen) atoms. The van der Waals surface area contributed by atoms with Gasteiger partial charge in [-0.25, -0.2) is 4.79 Å². The van der Waals surface area contributed by atoms with Crippen LogP contribution in [0.15, 0.2) is 42.7 Å². The van der Waals surface area contributed by atoms with Crippen LogP contribution in [0.3, 0.4) is 0 Å². The van der Waals surface area contributed by atoms with E-state index in [2.05, 4.69) is 4.98 Å². The molecular weight excluding hydrogens is 236 g/mol. The molecule has 0 saturated heterocycles. The number of aromatic nitrogens is 2. The van der Waals surface area contributed by atoms with Gasteiger partial charge in [-0.3, -0.25) is 4.98 Å². The van der Waals surface area contributed by atoms with Gasteiger partial charge in [0.25, 0.3) is 0 Å². The third-order valence-corrected chi connectivity index (χ3v) is 2.08. The molecule has 6 heteroatoms. The Labute approximate surface area is 102 Å². The van der Waals surface area contributed by atoms with Crippen LogP contribution in [0.25, 0.3) is 6.08 Å². The second-order valence-electron chi connectivity index (χ2n) is 3.37. The van der Waals surface area contributed by atoms with E-state index in [0.717, 1.165) is 11.6 Å². The van der Waals surface area contributed by atoms with E-state index in [0.29, 0.717) is 4.73 Å². The summed E-state index contributed by atoms with van der Waals surface area (Å²) in [6, 6.07) is 5.90. The minimum Gasteiger partial charge on any atom is -0.492 e. The summed E-state index contributed by atoms with van der Waals surface area (Å²) in [6.45, 7) is 0. The standard InChI is InChI=1S/C12H10N2O4/c15-10-4-5-11(16)14(10)18-12(17)6-3-9-2-1-7-13-8-9/h1-8,15-16H. The SMILES string of the molecule is O=C(C=Cc1cccnc1)On1c(O)ccc1O. The summed E-state index contributed by atoms with van der Waals surface area (Å²) in [5.41, 5.74) is 0.732. The van der Waals surface area contributed by atoms with E-state index in [9.17, 15) is 15.0 Å². The Balaban J connectivity index is 2.04. The van der Waals surface area contributed by atoms with Crippen molar-refractivity contribution in [1.29, 1.82) is 0 Å². The molecule has 2 rings (SSSR count). The fraction of sp³-hybridized carbons (Fsp3) is 0. The lowest BCUT2D eigenvalue weighted by Gasteiger charge is -2.03. The van der Waals surface area contributed by atoms with Gasteiger partial charge in [0.1, 0.15) is 0 Å². The van der Waals surface area contributed by atoms with Gasteiger partial charge in [-0.15, -0.1) is 4.73 Å². The maximum Gasteiger partial charge on any atom is 0.356 e. The molecule has 2 heterocycles. The molecule has 92 valence electrons. The first-order valence-electron chi connectivity index (χ1n) is 5.07. The maximum absolute atomic E-state index is 11.4. The lowest BCUT2D eigenvalue weighted by atomic mass is 10.3. The molecule has 2 aromatic rings. The third-order valence-electron chi connectivity index (χ3n) is 2.08. The van der Waals surface area contributed by atoms with Crippen molar-refractivity contribution in [2.75, 3.05) is 0 Å². The molecule has 0 amide bonds. The minimum atomic E-state index is -0.736. The van der Waals surface area contributed by atoms with E-state index in [4.69, 9.17) is 4.84 Å². The molecule has 0 fully saturated rings. The molecule has 2 N–H and O–H groups in total. The molecule has 0 unspecified atom stereocenters. The Kier molecular flexibility index (Phi) is 3.29. The lowest BCUT2D eigenvalue weighted by Crippen LogP contribution is -2.16. The van der Waals surface area contributed by atoms with Gasteiger partial charge in [-0.1, -0.05) is 6.07 Å². The van der Waals surface area contributed by atoms with E-state index in [1.54, 1.807) is 24.5 Å². The molecule has 0 aliphatic heterocycles. The van der Waals surface area contributed by atoms with Crippen LogP contribution in [0.5, 0.6) is 11.8 Å². The van der Waals surface area contributed by atoms with Crippen LogP contribution < -0.4 is 4.84 Å². The highest BCUT2D eigenvalue weighted by Gasteiger charge is 2.09. The number of hydrogen-bond acceptors (Lipinski definition) is 5. The number of aromatic hydroxyl groups is 2. The Morgan fingerprint density at radius 1 is 1.28 bits per heavy atom. The van der Waals surface area contributed by atoms with Crippen LogP contribution in [0.2, 0.25) is 0 Å². The molecular formula is C12H10N2O4. The van der Waals surface area contributed by atoms with Gasteiger partial charge in [0, 0.05) is 30.6 Å². The first kappa shape index (κ1) is 11.7. The van der Waals surface area contributed by atoms with Crippen molar-refractivity contribution in [3.8, 4) is 11.8 Å². The highest BCUT2D eigenvalue weighted by Crippen LogP contribution is 2.18. The van der Waals surface area contributed by atoms with Crippen LogP contribution in [0.1, 0.15) is 5.56 Å². The monoisotopic (exact) mass is 246 g/mol. The van der Waals surface area contributed by atoms with Gasteiger partial charge in [0.2, 0.25) is 11.8 Å². The average molecular weight is 246 g/mol. The Bertz CT molecular complexity index is 556. The minimum absolute atomic E-state index is 0.365. The molecule has 2 aromatic heterocycles. The van der Waals surface area contributed by atoms with Gasteiger partial charge in [-0.05, 0) is 17.7 Å². The topological polar surface area (TPSA) is 84.6 Å². The molecule has 0 aliphatic rings. The summed E-state index contributed by atoms with van der Waals surface area (Å²) in [7, 11) is 0. The molecule has 6 nitrogen and oxygen atoms in total. The molecule has 0 aromatic carbocycles. The summed E-state index contributed by atoms with van der Waals surface area (Å²) in [4.78, 5) is 20.0. The van der Waals surface area contributed by atoms with Crippen LogP contribution in [-0.2, 0) is 4.79 Å². The molecule has 0 bridgehead atoms. The summed E-state index contributed by atoms with van der Waals surface area (Å²) < 4.78 is 0.621. The molecule has 0 saturated carbocycles. The number of carbonyl (C=O) groups excluding carboxylic acids is 1. The number of hydrogen-bond donors (Lipinski definition) is 2. The summed E-state index contributed by atoms with van der Waals surface area (Å²) in [5.74, 6) is -1.47. The normalized spacial score (nSPS) is 10.7. The van der Waals surface area contributed by atoms with Crippen molar-refractivity contribution in [2.45, 2.75) is 0 Å². The zero-order valence-corrected chi connectivity index (χ0v) is 9.22. The molecule has 0 radical (unpaired) electrons. The highest BCUT2D eigenvalue weighted by atomic mass is 16.7. The van der Waals surface area contributed by atoms with Crippen LogP contribution in [0.4, 0.5) is 0 Å². The first-order chi connectivity index (χ1) is 8.66. The zero-order chi connectivity index (χ0) is 13.0. The summed E-state index contributed by atoms with van der Waals surface area (Å²) in [5, 5.41) is 18.5. The summed E-state index contributed by atoms with van der Waals surface area (Å²) in [6.07, 6.45) is 5.86. The van der Waals surface area contributed by atoms with Gasteiger partial charge < -0.3 is 15.1 Å². The quantitative estimate of drug-likeness (QED) is 0.788. The number of carbonyl (C=O) groups is 1. The van der Waals surface area contributed by atoms with E-state index >= 15 is 0 Å². The molecule has 0 atom stereocenters. The molecule has 0 aliphatic carbocycles. The van der Waals surface area contributed by atoms with E-state index in [1.807, 2.05) is 0 Å². The number of pyridine rings is 1. The van der Waals surface area contributed by atoms with E-state index < -0.39 is 5.97 Å². The van der Waals surface area contributed by atoms with Crippen LogP contribution in [0, 0.1) is 0 Å².